The Kier molecular flexibility index (Phi) is 20.1. The van der Waals surface area contributed by atoms with Gasteiger partial charge >= 0.3 is 0 Å². The first-order chi connectivity index (χ1) is 29.7. The fourth-order valence-electron chi connectivity index (χ4n) is 8.87. The smallest absolute Gasteiger partial charge is 0.184 e. The molecule has 2 aliphatic rings. The molecule has 0 bridgehead atoms. The second-order valence-corrected chi connectivity index (χ2v) is 17.9. The van der Waals surface area contributed by atoms with Crippen LogP contribution in [0.25, 0.3) is 22.3 Å². The van der Waals surface area contributed by atoms with Crippen LogP contribution in [-0.2, 0) is 64.5 Å². The van der Waals surface area contributed by atoms with Crippen molar-refractivity contribution >= 4 is 60.1 Å². The minimum Gasteiger partial charge on any atom is -0.202 e. The lowest BCUT2D eigenvalue weighted by Gasteiger charge is -2.14. The van der Waals surface area contributed by atoms with Crippen LogP contribution in [0.4, 0.5) is 0 Å². The molecule has 6 aromatic rings. The zero-order valence-corrected chi connectivity index (χ0v) is 41.6. The van der Waals surface area contributed by atoms with Crippen LogP contribution in [0, 0.1) is 0 Å². The Balaban J connectivity index is 0.000000232. The highest BCUT2D eigenvalue weighted by Gasteiger charge is 2.20. The Morgan fingerprint density at radius 1 is 0.367 bits per heavy atom. The molecule has 0 amide bonds. The number of hydrogen-bond donors (Lipinski definition) is 0. The van der Waals surface area contributed by atoms with Gasteiger partial charge in [0.1, 0.15) is 13.1 Å². The molecule has 0 radical (unpaired) electrons. The molecule has 2 heterocycles. The van der Waals surface area contributed by atoms with E-state index in [2.05, 4.69) is 203 Å². The van der Waals surface area contributed by atoms with E-state index >= 15 is 0 Å². The maximum absolute atomic E-state index is 3.48. The average molecular weight is 1060 g/mol. The van der Waals surface area contributed by atoms with Crippen molar-refractivity contribution in [3.63, 3.8) is 0 Å². The SMILES string of the molecule is BrBr.BrCCCc1ccc(-c2ccc(CCCBr)cc2)cc1.c1cc2c([n+](CCCc3ccc(-c4ccc(CCC[n+]5cccc6c5CCCC6)cc4)cc3)c1)CCCC2. The van der Waals surface area contributed by atoms with Crippen LogP contribution in [0.15, 0.2) is 134 Å². The first kappa shape index (κ1) is 46.6. The number of aromatic nitrogens is 2. The number of rotatable bonds is 16. The Hall–Kier alpha value is -2.90. The number of alkyl halides is 2. The molecule has 314 valence electrons. The van der Waals surface area contributed by atoms with E-state index < -0.39 is 0 Å². The summed E-state index contributed by atoms with van der Waals surface area (Å²) in [6.07, 6.45) is 24.3. The quantitative estimate of drug-likeness (QED) is 0.0674. The van der Waals surface area contributed by atoms with Gasteiger partial charge in [-0.3, -0.25) is 0 Å². The molecule has 0 saturated carbocycles. The molecule has 2 nitrogen and oxygen atoms in total. The van der Waals surface area contributed by atoms with Crippen molar-refractivity contribution in [3.8, 4) is 22.3 Å². The van der Waals surface area contributed by atoms with Gasteiger partial charge < -0.3 is 0 Å². The topological polar surface area (TPSA) is 7.76 Å². The molecule has 0 saturated heterocycles. The van der Waals surface area contributed by atoms with Crippen LogP contribution in [0.5, 0.6) is 0 Å². The highest BCUT2D eigenvalue weighted by Crippen LogP contribution is 2.24. The second-order valence-electron chi connectivity index (χ2n) is 16.3. The highest BCUT2D eigenvalue weighted by atomic mass is 80.9. The molecular weight excluding hydrogens is 996 g/mol. The van der Waals surface area contributed by atoms with Gasteiger partial charge in [-0.05, 0) is 134 Å². The van der Waals surface area contributed by atoms with E-state index in [-0.39, 0.29) is 0 Å². The van der Waals surface area contributed by atoms with Gasteiger partial charge in [0.05, 0.1) is 0 Å². The molecule has 0 N–H and O–H groups in total. The van der Waals surface area contributed by atoms with Gasteiger partial charge in [-0.2, -0.15) is 0 Å². The van der Waals surface area contributed by atoms with Gasteiger partial charge in [0.15, 0.2) is 23.8 Å². The summed E-state index contributed by atoms with van der Waals surface area (Å²) in [5, 5.41) is 2.15. The first-order valence-corrected chi connectivity index (χ1v) is 28.3. The molecule has 0 unspecified atom stereocenters. The van der Waals surface area contributed by atoms with E-state index in [1.165, 1.54) is 122 Å². The lowest BCUT2D eigenvalue weighted by Crippen LogP contribution is -2.40. The Labute approximate surface area is 393 Å². The van der Waals surface area contributed by atoms with Crippen molar-refractivity contribution < 1.29 is 9.13 Å². The lowest BCUT2D eigenvalue weighted by molar-refractivity contribution is -0.705. The monoisotopic (exact) mass is 1050 g/mol. The van der Waals surface area contributed by atoms with Gasteiger partial charge in [-0.15, -0.1) is 0 Å². The molecule has 4 aromatic carbocycles. The summed E-state index contributed by atoms with van der Waals surface area (Å²) in [6.45, 7) is 2.25. The molecule has 0 atom stereocenters. The van der Waals surface area contributed by atoms with Gasteiger partial charge in [-0.1, -0.05) is 129 Å². The number of halogens is 4. The van der Waals surface area contributed by atoms with Crippen LogP contribution >= 0.6 is 60.1 Å². The van der Waals surface area contributed by atoms with Crippen molar-refractivity contribution in [1.29, 1.82) is 0 Å². The zero-order valence-electron chi connectivity index (χ0n) is 35.3. The fraction of sp³-hybridized carbons (Fsp3) is 0.370. The summed E-state index contributed by atoms with van der Waals surface area (Å²) >= 11 is 12.5. The van der Waals surface area contributed by atoms with E-state index in [0.29, 0.717) is 0 Å². The van der Waals surface area contributed by atoms with Gasteiger partial charge in [-0.25, -0.2) is 9.13 Å². The Bertz CT molecular complexity index is 1990. The van der Waals surface area contributed by atoms with Gasteiger partial charge in [0.2, 0.25) is 0 Å². The summed E-state index contributed by atoms with van der Waals surface area (Å²) in [6, 6.07) is 45.6. The van der Waals surface area contributed by atoms with Crippen LogP contribution in [0.1, 0.15) is 96.1 Å². The molecular formula is C54H62Br4N2+2. The standard InChI is InChI=1S/C36H42N2.C18H20Br2.Br2/c1-3-15-35-33(11-1)13-7-27-37(35)25-5-9-29-17-21-31(22-18-29)32-23-19-30(20-24-32)10-6-26-38-28-8-14-34-12-2-4-16-36(34)38;19-13-1-3-15-5-9-17(10-6-15)18-11-7-16(8-12-18)4-2-14-20;1-2/h7-8,13-14,17-24,27-28H,1-6,9-12,15-16,25-26H2;5-12H,1-4,13-14H2;/q+2;;. The first-order valence-electron chi connectivity index (χ1n) is 22.3. The third kappa shape index (κ3) is 14.1. The van der Waals surface area contributed by atoms with Gasteiger partial charge in [0.25, 0.3) is 0 Å². The molecule has 8 rings (SSSR count). The number of nitrogens with zero attached hydrogens (tertiary/aromatic N) is 2. The van der Waals surface area contributed by atoms with Crippen molar-refractivity contribution in [1.82, 2.24) is 0 Å². The van der Waals surface area contributed by atoms with Crippen LogP contribution < -0.4 is 9.13 Å². The minimum atomic E-state index is 1.07. The molecule has 0 spiro atoms. The Morgan fingerprint density at radius 2 is 0.667 bits per heavy atom. The third-order valence-corrected chi connectivity index (χ3v) is 13.3. The summed E-state index contributed by atoms with van der Waals surface area (Å²) in [4.78, 5) is 0. The zero-order chi connectivity index (χ0) is 41.8. The van der Waals surface area contributed by atoms with E-state index in [4.69, 9.17) is 0 Å². The molecule has 2 aromatic heterocycles. The number of benzene rings is 4. The number of fused-ring (bicyclic) bond motifs is 2. The van der Waals surface area contributed by atoms with Crippen LogP contribution in [0.3, 0.4) is 0 Å². The van der Waals surface area contributed by atoms with E-state index in [1.807, 2.05) is 0 Å². The Morgan fingerprint density at radius 3 is 0.983 bits per heavy atom. The minimum absolute atomic E-state index is 1.07. The van der Waals surface area contributed by atoms with E-state index in [9.17, 15) is 0 Å². The van der Waals surface area contributed by atoms with Crippen molar-refractivity contribution in [2.75, 3.05) is 10.7 Å². The average Bonchev–Trinajstić information content (AvgIpc) is 3.32. The number of pyridine rings is 2. The predicted octanol–water partition coefficient (Wildman–Crippen LogP) is 14.7. The fourth-order valence-corrected chi connectivity index (χ4v) is 9.43. The summed E-state index contributed by atoms with van der Waals surface area (Å²) < 4.78 is 5.02. The van der Waals surface area contributed by atoms with Crippen molar-refractivity contribution in [2.45, 2.75) is 116 Å². The molecule has 2 aliphatic carbocycles. The number of aryl methyl sites for hydroxylation is 8. The molecule has 6 heteroatoms. The van der Waals surface area contributed by atoms with E-state index in [1.54, 1.807) is 22.5 Å². The van der Waals surface area contributed by atoms with Crippen molar-refractivity contribution in [3.05, 3.63) is 178 Å². The van der Waals surface area contributed by atoms with E-state index in [0.717, 1.165) is 49.4 Å². The highest BCUT2D eigenvalue weighted by molar-refractivity contribution is 9.93. The van der Waals surface area contributed by atoms with Crippen LogP contribution in [-0.4, -0.2) is 10.7 Å². The molecule has 0 fully saturated rings. The summed E-state index contributed by atoms with van der Waals surface area (Å²) in [7, 11) is 0. The second kappa shape index (κ2) is 25.9. The third-order valence-electron chi connectivity index (χ3n) is 12.2. The van der Waals surface area contributed by atoms with Crippen molar-refractivity contribution in [2.24, 2.45) is 0 Å². The number of hydrogen-bond acceptors (Lipinski definition) is 0. The normalized spacial score (nSPS) is 12.9. The molecule has 0 aliphatic heterocycles. The van der Waals surface area contributed by atoms with Gasteiger partial charge in [0, 0.05) is 87.9 Å². The summed E-state index contributed by atoms with van der Waals surface area (Å²) in [5.74, 6) is 0. The maximum atomic E-state index is 3.48. The largest absolute Gasteiger partial charge is 0.202 e. The lowest BCUT2D eigenvalue weighted by atomic mass is 9.95. The summed E-state index contributed by atoms with van der Waals surface area (Å²) in [5.41, 5.74) is 17.3. The predicted molar refractivity (Wildman–Crippen MR) is 269 cm³/mol. The molecule has 60 heavy (non-hydrogen) atoms. The maximum Gasteiger partial charge on any atom is 0.184 e. The van der Waals surface area contributed by atoms with Crippen LogP contribution in [0.2, 0.25) is 0 Å².